The Morgan fingerprint density at radius 1 is 1.08 bits per heavy atom. The van der Waals surface area contributed by atoms with Gasteiger partial charge in [0.2, 0.25) is 0 Å². The topological polar surface area (TPSA) is 45.2 Å². The number of benzene rings is 2. The predicted octanol–water partition coefficient (Wildman–Crippen LogP) is 4.85. The van der Waals surface area contributed by atoms with Gasteiger partial charge in [-0.3, -0.25) is 4.79 Å². The van der Waals surface area contributed by atoms with Crippen LogP contribution in [0.3, 0.4) is 0 Å². The minimum atomic E-state index is -0.0846. The number of hydrogen-bond acceptors (Lipinski definition) is 4. The Bertz CT molecular complexity index is 895. The maximum Gasteiger partial charge on any atom is 0.255 e. The van der Waals surface area contributed by atoms with Crippen LogP contribution in [0.25, 0.3) is 10.2 Å². The van der Waals surface area contributed by atoms with Crippen LogP contribution in [-0.2, 0) is 0 Å². The first-order chi connectivity index (χ1) is 12.2. The molecular formula is C20H21N3OS. The average molecular weight is 351 g/mol. The molecule has 3 aromatic rings. The normalized spacial score (nSPS) is 14.7. The molecule has 1 aliphatic rings. The average Bonchev–Trinajstić information content (AvgIpc) is 3.07. The van der Waals surface area contributed by atoms with Crippen molar-refractivity contribution >= 4 is 38.3 Å². The molecule has 1 N–H and O–H groups in total. The van der Waals surface area contributed by atoms with Crippen molar-refractivity contribution in [1.29, 1.82) is 0 Å². The van der Waals surface area contributed by atoms with E-state index in [2.05, 4.69) is 10.2 Å². The van der Waals surface area contributed by atoms with E-state index in [-0.39, 0.29) is 5.91 Å². The Labute approximate surface area is 151 Å². The van der Waals surface area contributed by atoms with E-state index in [4.69, 9.17) is 4.98 Å². The Hall–Kier alpha value is -2.40. The van der Waals surface area contributed by atoms with Gasteiger partial charge in [0.25, 0.3) is 5.91 Å². The largest absolute Gasteiger partial charge is 0.348 e. The summed E-state index contributed by atoms with van der Waals surface area (Å²) >= 11 is 1.68. The highest BCUT2D eigenvalue weighted by Gasteiger charge is 2.16. The van der Waals surface area contributed by atoms with Crippen molar-refractivity contribution < 1.29 is 4.79 Å². The molecule has 2 aromatic carbocycles. The van der Waals surface area contributed by atoms with Crippen molar-refractivity contribution in [2.24, 2.45) is 0 Å². The number of piperidine rings is 1. The summed E-state index contributed by atoms with van der Waals surface area (Å²) in [4.78, 5) is 19.6. The number of nitrogens with zero attached hydrogens (tertiary/aromatic N) is 2. The maximum atomic E-state index is 12.5. The van der Waals surface area contributed by atoms with E-state index in [9.17, 15) is 4.79 Å². The van der Waals surface area contributed by atoms with Crippen LogP contribution in [-0.4, -0.2) is 24.0 Å². The maximum absolute atomic E-state index is 12.5. The second kappa shape index (κ2) is 6.84. The van der Waals surface area contributed by atoms with Crippen LogP contribution in [0, 0.1) is 6.92 Å². The molecule has 1 amide bonds. The lowest BCUT2D eigenvalue weighted by Gasteiger charge is -2.25. The number of carbonyl (C=O) groups excluding carboxylic acids is 1. The summed E-state index contributed by atoms with van der Waals surface area (Å²) in [6.45, 7) is 4.20. The molecule has 0 unspecified atom stereocenters. The Morgan fingerprint density at radius 3 is 2.60 bits per heavy atom. The molecule has 0 aliphatic carbocycles. The fourth-order valence-corrected chi connectivity index (χ4v) is 4.17. The lowest BCUT2D eigenvalue weighted by atomic mass is 10.1. The fraction of sp³-hybridized carbons (Fsp3) is 0.300. The van der Waals surface area contributed by atoms with Crippen LogP contribution in [0.2, 0.25) is 0 Å². The minimum absolute atomic E-state index is 0.0846. The number of nitrogens with one attached hydrogen (secondary N) is 1. The first kappa shape index (κ1) is 16.1. The second-order valence-corrected chi connectivity index (χ2v) is 7.56. The van der Waals surface area contributed by atoms with Crippen LogP contribution in [0.5, 0.6) is 0 Å². The number of anilines is 2. The molecule has 5 heteroatoms. The summed E-state index contributed by atoms with van der Waals surface area (Å²) in [5.41, 5.74) is 3.63. The Kier molecular flexibility index (Phi) is 4.40. The highest BCUT2D eigenvalue weighted by Crippen LogP contribution is 2.31. The third-order valence-corrected chi connectivity index (χ3v) is 5.65. The molecule has 0 spiro atoms. The van der Waals surface area contributed by atoms with Gasteiger partial charge in [-0.1, -0.05) is 29.0 Å². The number of thiazole rings is 1. The van der Waals surface area contributed by atoms with Gasteiger partial charge in [-0.05, 0) is 56.5 Å². The second-order valence-electron chi connectivity index (χ2n) is 6.55. The summed E-state index contributed by atoms with van der Waals surface area (Å²) in [7, 11) is 0. The van der Waals surface area contributed by atoms with Crippen molar-refractivity contribution in [2.45, 2.75) is 26.2 Å². The molecule has 128 valence electrons. The molecule has 1 saturated heterocycles. The highest BCUT2D eigenvalue weighted by atomic mass is 32.1. The van der Waals surface area contributed by atoms with E-state index in [1.807, 2.05) is 49.4 Å². The van der Waals surface area contributed by atoms with Gasteiger partial charge in [0.05, 0.1) is 10.2 Å². The van der Waals surface area contributed by atoms with Gasteiger partial charge in [0.1, 0.15) is 0 Å². The number of carbonyl (C=O) groups is 1. The smallest absolute Gasteiger partial charge is 0.255 e. The molecule has 0 atom stereocenters. The van der Waals surface area contributed by atoms with Crippen LogP contribution >= 0.6 is 11.3 Å². The van der Waals surface area contributed by atoms with Crippen LogP contribution < -0.4 is 10.2 Å². The van der Waals surface area contributed by atoms with Crippen molar-refractivity contribution in [3.63, 3.8) is 0 Å². The lowest BCUT2D eigenvalue weighted by molar-refractivity contribution is 0.102. The number of rotatable bonds is 3. The Balaban J connectivity index is 1.55. The first-order valence-electron chi connectivity index (χ1n) is 8.73. The number of aryl methyl sites for hydroxylation is 1. The lowest BCUT2D eigenvalue weighted by Crippen LogP contribution is -2.29. The van der Waals surface area contributed by atoms with Crippen molar-refractivity contribution in [3.05, 3.63) is 53.6 Å². The summed E-state index contributed by atoms with van der Waals surface area (Å²) in [6.07, 6.45) is 3.78. The molecule has 25 heavy (non-hydrogen) atoms. The molecule has 1 aliphatic heterocycles. The van der Waals surface area contributed by atoms with Crippen molar-refractivity contribution in [1.82, 2.24) is 4.98 Å². The van der Waals surface area contributed by atoms with E-state index >= 15 is 0 Å². The standard InChI is InChI=1S/C20H21N3OS/c1-14-5-8-16(9-6-14)21-19(24)15-7-10-17-18(13-15)25-20(22-17)23-11-3-2-4-12-23/h5-10,13H,2-4,11-12H2,1H3,(H,21,24). The van der Waals surface area contributed by atoms with E-state index in [0.717, 1.165) is 34.1 Å². The van der Waals surface area contributed by atoms with Gasteiger partial charge in [-0.2, -0.15) is 0 Å². The number of hydrogen-bond donors (Lipinski definition) is 1. The van der Waals surface area contributed by atoms with Crippen LogP contribution in [0.1, 0.15) is 35.2 Å². The molecule has 1 fully saturated rings. The van der Waals surface area contributed by atoms with E-state index in [0.29, 0.717) is 5.56 Å². The summed E-state index contributed by atoms with van der Waals surface area (Å²) < 4.78 is 1.07. The summed E-state index contributed by atoms with van der Waals surface area (Å²) in [5.74, 6) is -0.0846. The van der Waals surface area contributed by atoms with Crippen molar-refractivity contribution in [2.75, 3.05) is 23.3 Å². The zero-order chi connectivity index (χ0) is 17.2. The minimum Gasteiger partial charge on any atom is -0.348 e. The number of fused-ring (bicyclic) bond motifs is 1. The van der Waals surface area contributed by atoms with Crippen LogP contribution in [0.4, 0.5) is 10.8 Å². The fourth-order valence-electron chi connectivity index (χ4n) is 3.11. The van der Waals surface area contributed by atoms with Crippen LogP contribution in [0.15, 0.2) is 42.5 Å². The highest BCUT2D eigenvalue weighted by molar-refractivity contribution is 7.22. The third-order valence-electron chi connectivity index (χ3n) is 4.58. The zero-order valence-corrected chi connectivity index (χ0v) is 15.1. The predicted molar refractivity (Wildman–Crippen MR) is 105 cm³/mol. The Morgan fingerprint density at radius 2 is 1.84 bits per heavy atom. The van der Waals surface area contributed by atoms with Gasteiger partial charge < -0.3 is 10.2 Å². The molecule has 0 radical (unpaired) electrons. The van der Waals surface area contributed by atoms with Gasteiger partial charge >= 0.3 is 0 Å². The molecule has 4 nitrogen and oxygen atoms in total. The molecule has 0 saturated carbocycles. The third kappa shape index (κ3) is 3.51. The number of amides is 1. The van der Waals surface area contributed by atoms with E-state index in [1.54, 1.807) is 11.3 Å². The molecule has 2 heterocycles. The summed E-state index contributed by atoms with van der Waals surface area (Å²) in [6, 6.07) is 13.6. The first-order valence-corrected chi connectivity index (χ1v) is 9.54. The van der Waals surface area contributed by atoms with Gasteiger partial charge in [-0.25, -0.2) is 4.98 Å². The molecular weight excluding hydrogens is 330 g/mol. The number of aromatic nitrogens is 1. The molecule has 0 bridgehead atoms. The van der Waals surface area contributed by atoms with Gasteiger partial charge in [0.15, 0.2) is 5.13 Å². The quantitative estimate of drug-likeness (QED) is 0.734. The van der Waals surface area contributed by atoms with Gasteiger partial charge in [-0.15, -0.1) is 0 Å². The van der Waals surface area contributed by atoms with Crippen molar-refractivity contribution in [3.8, 4) is 0 Å². The van der Waals surface area contributed by atoms with Gasteiger partial charge in [0, 0.05) is 24.3 Å². The SMILES string of the molecule is Cc1ccc(NC(=O)c2ccc3nc(N4CCCCC4)sc3c2)cc1. The zero-order valence-electron chi connectivity index (χ0n) is 14.3. The molecule has 1 aromatic heterocycles. The molecule has 4 rings (SSSR count). The van der Waals surface area contributed by atoms with E-state index < -0.39 is 0 Å². The summed E-state index contributed by atoms with van der Waals surface area (Å²) in [5, 5.41) is 4.03. The van der Waals surface area contributed by atoms with E-state index in [1.165, 1.54) is 24.8 Å². The monoisotopic (exact) mass is 351 g/mol.